The van der Waals surface area contributed by atoms with Crippen LogP contribution in [-0.4, -0.2) is 15.5 Å². The molecule has 1 aromatic rings. The van der Waals surface area contributed by atoms with Crippen LogP contribution in [0, 0.1) is 0 Å². The molecule has 0 saturated heterocycles. The van der Waals surface area contributed by atoms with E-state index in [1.165, 1.54) is 19.3 Å². The first-order valence-corrected chi connectivity index (χ1v) is 7.28. The quantitative estimate of drug-likeness (QED) is 0.837. The zero-order valence-corrected chi connectivity index (χ0v) is 12.2. The van der Waals surface area contributed by atoms with Crippen LogP contribution in [0.2, 0.25) is 0 Å². The molecular weight excluding hydrogens is 278 g/mol. The highest BCUT2D eigenvalue weighted by molar-refractivity contribution is 9.10. The molecule has 17 heavy (non-hydrogen) atoms. The van der Waals surface area contributed by atoms with E-state index in [1.54, 1.807) is 0 Å². The average molecular weight is 298 g/mol. The number of aromatic nitrogens is 2. The summed E-state index contributed by atoms with van der Waals surface area (Å²) in [5, 5.41) is 3.60. The Hall–Kier alpha value is -0.640. The highest BCUT2D eigenvalue weighted by atomic mass is 79.9. The van der Waals surface area contributed by atoms with E-state index >= 15 is 0 Å². The minimum Gasteiger partial charge on any atom is -0.365 e. The lowest BCUT2D eigenvalue weighted by molar-refractivity contribution is 0.268. The lowest BCUT2D eigenvalue weighted by atomic mass is 9.75. The average Bonchev–Trinajstić information content (AvgIpc) is 2.23. The first-order valence-electron chi connectivity index (χ1n) is 6.49. The van der Waals surface area contributed by atoms with Crippen molar-refractivity contribution < 1.29 is 0 Å². The van der Waals surface area contributed by atoms with E-state index in [-0.39, 0.29) is 5.54 Å². The first kappa shape index (κ1) is 12.8. The second kappa shape index (κ2) is 5.34. The third kappa shape index (κ3) is 2.97. The van der Waals surface area contributed by atoms with Gasteiger partial charge in [-0.1, -0.05) is 13.8 Å². The monoisotopic (exact) mass is 297 g/mol. The molecule has 0 aliphatic heterocycles. The predicted octanol–water partition coefficient (Wildman–Crippen LogP) is 3.94. The number of hydrogen-bond acceptors (Lipinski definition) is 3. The normalized spacial score (nSPS) is 17.6. The Labute approximate surface area is 112 Å². The number of aryl methyl sites for hydroxylation is 1. The SMILES string of the molecule is CCCc1nc(Br)cc(NC2(CC)CCC2)n1. The van der Waals surface area contributed by atoms with Gasteiger partial charge in [-0.05, 0) is 48.0 Å². The van der Waals surface area contributed by atoms with Gasteiger partial charge in [0.05, 0.1) is 0 Å². The maximum absolute atomic E-state index is 4.59. The fraction of sp³-hybridized carbons (Fsp3) is 0.692. The summed E-state index contributed by atoms with van der Waals surface area (Å²) in [5.74, 6) is 1.90. The molecule has 2 rings (SSSR count). The van der Waals surface area contributed by atoms with Gasteiger partial charge < -0.3 is 5.32 Å². The molecule has 1 saturated carbocycles. The van der Waals surface area contributed by atoms with Crippen molar-refractivity contribution in [1.82, 2.24) is 9.97 Å². The Balaban J connectivity index is 2.14. The summed E-state index contributed by atoms with van der Waals surface area (Å²) in [6, 6.07) is 1.98. The molecule has 3 nitrogen and oxygen atoms in total. The number of nitrogens with zero attached hydrogens (tertiary/aromatic N) is 2. The zero-order valence-electron chi connectivity index (χ0n) is 10.6. The van der Waals surface area contributed by atoms with Gasteiger partial charge in [0.1, 0.15) is 16.2 Å². The lowest BCUT2D eigenvalue weighted by Gasteiger charge is -2.42. The van der Waals surface area contributed by atoms with Gasteiger partial charge in [0.15, 0.2) is 0 Å². The van der Waals surface area contributed by atoms with Crippen LogP contribution >= 0.6 is 15.9 Å². The molecule has 1 aromatic heterocycles. The molecule has 0 unspecified atom stereocenters. The summed E-state index contributed by atoms with van der Waals surface area (Å²) >= 11 is 3.46. The van der Waals surface area contributed by atoms with Crippen LogP contribution < -0.4 is 5.32 Å². The van der Waals surface area contributed by atoms with Crippen molar-refractivity contribution in [3.63, 3.8) is 0 Å². The van der Waals surface area contributed by atoms with Gasteiger partial charge in [-0.2, -0.15) is 0 Å². The molecule has 0 radical (unpaired) electrons. The summed E-state index contributed by atoms with van der Waals surface area (Å²) < 4.78 is 0.879. The molecule has 0 amide bonds. The van der Waals surface area contributed by atoms with Crippen molar-refractivity contribution >= 4 is 21.7 Å². The van der Waals surface area contributed by atoms with Crippen molar-refractivity contribution in [2.45, 2.75) is 57.9 Å². The predicted molar refractivity (Wildman–Crippen MR) is 74.2 cm³/mol. The van der Waals surface area contributed by atoms with E-state index in [2.05, 4.69) is 45.1 Å². The summed E-state index contributed by atoms with van der Waals surface area (Å²) in [6.45, 7) is 4.40. The summed E-state index contributed by atoms with van der Waals surface area (Å²) in [5.41, 5.74) is 0.289. The molecule has 4 heteroatoms. The topological polar surface area (TPSA) is 37.8 Å². The fourth-order valence-corrected chi connectivity index (χ4v) is 2.73. The maximum atomic E-state index is 4.59. The summed E-state index contributed by atoms with van der Waals surface area (Å²) in [7, 11) is 0. The van der Waals surface area contributed by atoms with Crippen LogP contribution in [0.3, 0.4) is 0 Å². The Bertz CT molecular complexity index is 383. The van der Waals surface area contributed by atoms with Crippen molar-refractivity contribution in [2.75, 3.05) is 5.32 Å². The number of hydrogen-bond donors (Lipinski definition) is 1. The number of halogens is 1. The van der Waals surface area contributed by atoms with E-state index in [0.717, 1.165) is 35.5 Å². The van der Waals surface area contributed by atoms with Gasteiger partial charge in [-0.25, -0.2) is 9.97 Å². The van der Waals surface area contributed by atoms with Crippen LogP contribution in [0.25, 0.3) is 0 Å². The van der Waals surface area contributed by atoms with Crippen molar-refractivity contribution in [3.8, 4) is 0 Å². The third-order valence-corrected chi connectivity index (χ3v) is 4.00. The Morgan fingerprint density at radius 2 is 2.12 bits per heavy atom. The molecule has 0 bridgehead atoms. The number of rotatable bonds is 5. The van der Waals surface area contributed by atoms with Crippen LogP contribution in [-0.2, 0) is 6.42 Å². The molecule has 0 spiro atoms. The highest BCUT2D eigenvalue weighted by Crippen LogP contribution is 2.37. The molecule has 94 valence electrons. The second-order valence-corrected chi connectivity index (χ2v) is 5.67. The lowest BCUT2D eigenvalue weighted by Crippen LogP contribution is -2.44. The Kier molecular flexibility index (Phi) is 4.02. The first-order chi connectivity index (χ1) is 8.17. The van der Waals surface area contributed by atoms with E-state index in [4.69, 9.17) is 0 Å². The van der Waals surface area contributed by atoms with Gasteiger partial charge in [-0.3, -0.25) is 0 Å². The van der Waals surface area contributed by atoms with Gasteiger partial charge in [0, 0.05) is 18.0 Å². The van der Waals surface area contributed by atoms with Crippen LogP contribution in [0.1, 0.15) is 51.8 Å². The standard InChI is InChI=1S/C13H20BrN3/c1-3-6-11-15-10(14)9-12(16-11)17-13(4-2)7-5-8-13/h9H,3-8H2,1-2H3,(H,15,16,17). The van der Waals surface area contributed by atoms with Crippen LogP contribution in [0.5, 0.6) is 0 Å². The third-order valence-electron chi connectivity index (χ3n) is 3.60. The van der Waals surface area contributed by atoms with E-state index in [1.807, 2.05) is 6.07 Å². The summed E-state index contributed by atoms with van der Waals surface area (Å²) in [6.07, 6.45) is 7.02. The van der Waals surface area contributed by atoms with Crippen LogP contribution in [0.4, 0.5) is 5.82 Å². The zero-order chi connectivity index (χ0) is 12.3. The molecular formula is C13H20BrN3. The van der Waals surface area contributed by atoms with Crippen LogP contribution in [0.15, 0.2) is 10.7 Å². The fourth-order valence-electron chi connectivity index (χ4n) is 2.31. The molecule has 0 aromatic carbocycles. The number of anilines is 1. The molecule has 1 heterocycles. The minimum absolute atomic E-state index is 0.289. The molecule has 0 atom stereocenters. The maximum Gasteiger partial charge on any atom is 0.132 e. The largest absolute Gasteiger partial charge is 0.365 e. The Morgan fingerprint density at radius 3 is 2.65 bits per heavy atom. The van der Waals surface area contributed by atoms with Gasteiger partial charge >= 0.3 is 0 Å². The van der Waals surface area contributed by atoms with Gasteiger partial charge in [-0.15, -0.1) is 0 Å². The smallest absolute Gasteiger partial charge is 0.132 e. The van der Waals surface area contributed by atoms with Gasteiger partial charge in [0.25, 0.3) is 0 Å². The van der Waals surface area contributed by atoms with E-state index in [0.29, 0.717) is 0 Å². The molecule has 1 aliphatic carbocycles. The van der Waals surface area contributed by atoms with Crippen molar-refractivity contribution in [1.29, 1.82) is 0 Å². The minimum atomic E-state index is 0.289. The van der Waals surface area contributed by atoms with Crippen molar-refractivity contribution in [3.05, 3.63) is 16.5 Å². The van der Waals surface area contributed by atoms with Crippen molar-refractivity contribution in [2.24, 2.45) is 0 Å². The molecule has 1 fully saturated rings. The Morgan fingerprint density at radius 1 is 1.35 bits per heavy atom. The molecule has 1 N–H and O–H groups in total. The molecule has 1 aliphatic rings. The second-order valence-electron chi connectivity index (χ2n) is 4.85. The van der Waals surface area contributed by atoms with E-state index < -0.39 is 0 Å². The van der Waals surface area contributed by atoms with E-state index in [9.17, 15) is 0 Å². The highest BCUT2D eigenvalue weighted by Gasteiger charge is 2.35. The number of nitrogens with one attached hydrogen (secondary N) is 1. The van der Waals surface area contributed by atoms with Gasteiger partial charge in [0.2, 0.25) is 0 Å². The summed E-state index contributed by atoms with van der Waals surface area (Å²) in [4.78, 5) is 8.97.